The van der Waals surface area contributed by atoms with Crippen LogP contribution in [0.25, 0.3) is 0 Å². The van der Waals surface area contributed by atoms with Gasteiger partial charge in [-0.05, 0) is 44.2 Å². The predicted molar refractivity (Wildman–Crippen MR) is 56.4 cm³/mol. The maximum absolute atomic E-state index is 11.3. The zero-order valence-corrected chi connectivity index (χ0v) is 9.16. The maximum Gasteiger partial charge on any atom is 0.170 e. The number of Topliss-reactive ketones (excluding diaryl/α,β-unsaturated/α-hetero) is 2. The van der Waals surface area contributed by atoms with E-state index in [1.54, 1.807) is 13.8 Å². The highest BCUT2D eigenvalue weighted by atomic mass is 32.1. The van der Waals surface area contributed by atoms with Gasteiger partial charge in [0, 0.05) is 0 Å². The highest BCUT2D eigenvalue weighted by Crippen LogP contribution is 2.35. The molecule has 2 nitrogen and oxygen atoms in total. The van der Waals surface area contributed by atoms with Crippen LogP contribution in [-0.2, 0) is 12.8 Å². The lowest BCUT2D eigenvalue weighted by molar-refractivity contribution is 0.101. The van der Waals surface area contributed by atoms with E-state index >= 15 is 0 Å². The summed E-state index contributed by atoms with van der Waals surface area (Å²) in [6.07, 6.45) is 3.01. The van der Waals surface area contributed by atoms with Gasteiger partial charge in [-0.3, -0.25) is 9.59 Å². The molecule has 0 unspecified atom stereocenters. The molecule has 0 bridgehead atoms. The standard InChI is InChI=1S/C11H12O2S/c1-6(12)10-8-4-3-5-9(8)11(14-10)7(2)13/h3-5H2,1-2H3. The quantitative estimate of drug-likeness (QED) is 0.700. The number of hydrogen-bond donors (Lipinski definition) is 0. The second-order valence-electron chi connectivity index (χ2n) is 3.68. The first-order valence-corrected chi connectivity index (χ1v) is 5.59. The Morgan fingerprint density at radius 1 is 1.00 bits per heavy atom. The average Bonchev–Trinajstić information content (AvgIpc) is 2.59. The fourth-order valence-corrected chi connectivity index (χ4v) is 3.23. The van der Waals surface area contributed by atoms with Crippen molar-refractivity contribution >= 4 is 22.9 Å². The first-order valence-electron chi connectivity index (χ1n) is 4.77. The second kappa shape index (κ2) is 3.31. The Balaban J connectivity index is 2.60. The van der Waals surface area contributed by atoms with Gasteiger partial charge in [-0.15, -0.1) is 11.3 Å². The second-order valence-corrected chi connectivity index (χ2v) is 4.70. The van der Waals surface area contributed by atoms with Crippen LogP contribution < -0.4 is 0 Å². The molecular formula is C11H12O2S. The summed E-state index contributed by atoms with van der Waals surface area (Å²) in [7, 11) is 0. The molecule has 2 rings (SSSR count). The van der Waals surface area contributed by atoms with Gasteiger partial charge in [0.05, 0.1) is 9.75 Å². The molecule has 0 spiro atoms. The molecule has 1 aromatic heterocycles. The Bertz CT molecular complexity index is 379. The lowest BCUT2D eigenvalue weighted by atomic mass is 10.1. The molecule has 14 heavy (non-hydrogen) atoms. The van der Waals surface area contributed by atoms with Crippen molar-refractivity contribution in [3.63, 3.8) is 0 Å². The van der Waals surface area contributed by atoms with E-state index in [2.05, 4.69) is 0 Å². The molecule has 3 heteroatoms. The number of carbonyl (C=O) groups is 2. The minimum absolute atomic E-state index is 0.0978. The topological polar surface area (TPSA) is 34.1 Å². The van der Waals surface area contributed by atoms with E-state index in [0.29, 0.717) is 0 Å². The fourth-order valence-electron chi connectivity index (χ4n) is 2.04. The van der Waals surface area contributed by atoms with Gasteiger partial charge < -0.3 is 0 Å². The molecular weight excluding hydrogens is 196 g/mol. The summed E-state index contributed by atoms with van der Waals surface area (Å²) in [4.78, 5) is 24.3. The molecule has 0 atom stereocenters. The Morgan fingerprint density at radius 3 is 1.79 bits per heavy atom. The zero-order chi connectivity index (χ0) is 10.3. The van der Waals surface area contributed by atoms with E-state index in [1.807, 2.05) is 0 Å². The SMILES string of the molecule is CC(=O)c1sc(C(C)=O)c2c1CCC2. The average molecular weight is 208 g/mol. The van der Waals surface area contributed by atoms with Crippen molar-refractivity contribution in [1.29, 1.82) is 0 Å². The number of ketones is 2. The number of thiophene rings is 1. The van der Waals surface area contributed by atoms with Crippen molar-refractivity contribution in [2.75, 3.05) is 0 Å². The molecule has 0 saturated carbocycles. The van der Waals surface area contributed by atoms with Gasteiger partial charge in [0.2, 0.25) is 0 Å². The van der Waals surface area contributed by atoms with Crippen LogP contribution in [0, 0.1) is 0 Å². The third-order valence-electron chi connectivity index (χ3n) is 2.61. The number of fused-ring (bicyclic) bond motifs is 1. The molecule has 0 N–H and O–H groups in total. The van der Waals surface area contributed by atoms with Gasteiger partial charge in [0.1, 0.15) is 0 Å². The Morgan fingerprint density at radius 2 is 1.43 bits per heavy atom. The van der Waals surface area contributed by atoms with E-state index in [4.69, 9.17) is 0 Å². The summed E-state index contributed by atoms with van der Waals surface area (Å²) in [6, 6.07) is 0. The molecule has 1 aliphatic carbocycles. The Kier molecular flexibility index (Phi) is 2.27. The monoisotopic (exact) mass is 208 g/mol. The molecule has 0 saturated heterocycles. The van der Waals surface area contributed by atoms with Crippen LogP contribution in [0.3, 0.4) is 0 Å². The van der Waals surface area contributed by atoms with Crippen LogP contribution in [0.5, 0.6) is 0 Å². The third-order valence-corrected chi connectivity index (χ3v) is 4.09. The molecule has 1 aliphatic rings. The molecule has 1 heterocycles. The fraction of sp³-hybridized carbons (Fsp3) is 0.455. The van der Waals surface area contributed by atoms with Crippen LogP contribution in [-0.4, -0.2) is 11.6 Å². The first-order chi connectivity index (χ1) is 6.61. The van der Waals surface area contributed by atoms with Crippen LogP contribution in [0.2, 0.25) is 0 Å². The van der Waals surface area contributed by atoms with Crippen molar-refractivity contribution < 1.29 is 9.59 Å². The highest BCUT2D eigenvalue weighted by molar-refractivity contribution is 7.16. The maximum atomic E-state index is 11.3. The molecule has 0 radical (unpaired) electrons. The summed E-state index contributed by atoms with van der Waals surface area (Å²) >= 11 is 1.38. The Labute approximate surface area is 86.9 Å². The van der Waals surface area contributed by atoms with Gasteiger partial charge in [-0.25, -0.2) is 0 Å². The summed E-state index contributed by atoms with van der Waals surface area (Å²) in [5.41, 5.74) is 2.29. The lowest BCUT2D eigenvalue weighted by Crippen LogP contribution is -1.92. The van der Waals surface area contributed by atoms with E-state index in [9.17, 15) is 9.59 Å². The van der Waals surface area contributed by atoms with Gasteiger partial charge >= 0.3 is 0 Å². The number of hydrogen-bond acceptors (Lipinski definition) is 3. The van der Waals surface area contributed by atoms with Crippen LogP contribution in [0.1, 0.15) is 50.7 Å². The van der Waals surface area contributed by atoms with Gasteiger partial charge in [0.25, 0.3) is 0 Å². The predicted octanol–water partition coefficient (Wildman–Crippen LogP) is 2.64. The highest BCUT2D eigenvalue weighted by Gasteiger charge is 2.25. The van der Waals surface area contributed by atoms with Gasteiger partial charge in [-0.1, -0.05) is 0 Å². The lowest BCUT2D eigenvalue weighted by Gasteiger charge is -1.92. The normalized spacial score (nSPS) is 14.1. The smallest absolute Gasteiger partial charge is 0.170 e. The van der Waals surface area contributed by atoms with Crippen molar-refractivity contribution in [2.45, 2.75) is 33.1 Å². The summed E-state index contributed by atoms with van der Waals surface area (Å²) < 4.78 is 0. The number of carbonyl (C=O) groups excluding carboxylic acids is 2. The Hall–Kier alpha value is -0.960. The van der Waals surface area contributed by atoms with E-state index in [-0.39, 0.29) is 11.6 Å². The number of rotatable bonds is 2. The van der Waals surface area contributed by atoms with E-state index in [1.165, 1.54) is 11.3 Å². The van der Waals surface area contributed by atoms with Crippen molar-refractivity contribution in [2.24, 2.45) is 0 Å². The van der Waals surface area contributed by atoms with Crippen LogP contribution in [0.15, 0.2) is 0 Å². The van der Waals surface area contributed by atoms with Crippen molar-refractivity contribution in [1.82, 2.24) is 0 Å². The molecule has 74 valence electrons. The largest absolute Gasteiger partial charge is 0.294 e. The van der Waals surface area contributed by atoms with Crippen molar-refractivity contribution in [3.8, 4) is 0 Å². The van der Waals surface area contributed by atoms with Crippen LogP contribution in [0.4, 0.5) is 0 Å². The molecule has 0 aromatic carbocycles. The minimum atomic E-state index is 0.0978. The summed E-state index contributed by atoms with van der Waals surface area (Å²) in [5, 5.41) is 0. The molecule has 0 aliphatic heterocycles. The zero-order valence-electron chi connectivity index (χ0n) is 8.35. The van der Waals surface area contributed by atoms with E-state index < -0.39 is 0 Å². The third kappa shape index (κ3) is 1.32. The van der Waals surface area contributed by atoms with E-state index in [0.717, 1.165) is 40.1 Å². The molecule has 0 amide bonds. The summed E-state index contributed by atoms with van der Waals surface area (Å²) in [5.74, 6) is 0.196. The molecule has 1 aromatic rings. The van der Waals surface area contributed by atoms with Gasteiger partial charge in [0.15, 0.2) is 11.6 Å². The summed E-state index contributed by atoms with van der Waals surface area (Å²) in [6.45, 7) is 3.16. The molecule has 0 fully saturated rings. The van der Waals surface area contributed by atoms with Gasteiger partial charge in [-0.2, -0.15) is 0 Å². The first kappa shape index (κ1) is 9.59. The van der Waals surface area contributed by atoms with Crippen molar-refractivity contribution in [3.05, 3.63) is 20.9 Å². The minimum Gasteiger partial charge on any atom is -0.294 e. The van der Waals surface area contributed by atoms with Crippen LogP contribution >= 0.6 is 11.3 Å².